The van der Waals surface area contributed by atoms with Crippen LogP contribution < -0.4 is 5.32 Å². The lowest BCUT2D eigenvalue weighted by molar-refractivity contribution is 0.102. The van der Waals surface area contributed by atoms with Gasteiger partial charge in [0.2, 0.25) is 0 Å². The average molecular weight is 316 g/mol. The van der Waals surface area contributed by atoms with Gasteiger partial charge >= 0.3 is 0 Å². The maximum absolute atomic E-state index is 13.1. The smallest absolute Gasteiger partial charge is 0.258 e. The minimum absolute atomic E-state index is 0.0437. The van der Waals surface area contributed by atoms with Crippen molar-refractivity contribution in [1.82, 2.24) is 9.78 Å². The zero-order valence-corrected chi connectivity index (χ0v) is 12.1. The Morgan fingerprint density at radius 2 is 1.95 bits per heavy atom. The highest BCUT2D eigenvalue weighted by molar-refractivity contribution is 6.31. The number of hydrogen-bond acceptors (Lipinski definition) is 2. The van der Waals surface area contributed by atoms with Gasteiger partial charge in [0.15, 0.2) is 0 Å². The molecule has 1 aromatic heterocycles. The van der Waals surface area contributed by atoms with Gasteiger partial charge in [-0.2, -0.15) is 5.10 Å². The van der Waals surface area contributed by atoms with Crippen molar-refractivity contribution in [3.05, 3.63) is 77.3 Å². The number of amides is 1. The van der Waals surface area contributed by atoms with Gasteiger partial charge < -0.3 is 5.32 Å². The molecule has 3 aromatic rings. The number of rotatable bonds is 3. The van der Waals surface area contributed by atoms with Crippen LogP contribution in [0.4, 0.5) is 10.1 Å². The first kappa shape index (κ1) is 14.3. The van der Waals surface area contributed by atoms with Crippen LogP contribution in [0.15, 0.2) is 60.9 Å². The molecule has 0 aliphatic carbocycles. The predicted octanol–water partition coefficient (Wildman–Crippen LogP) is 3.92. The third kappa shape index (κ3) is 2.99. The molecule has 0 atom stereocenters. The second kappa shape index (κ2) is 5.99. The Labute approximate surface area is 131 Å². The first-order valence-corrected chi connectivity index (χ1v) is 6.88. The number of benzene rings is 2. The maximum atomic E-state index is 13.1. The van der Waals surface area contributed by atoms with E-state index in [1.807, 2.05) is 30.3 Å². The fourth-order valence-electron chi connectivity index (χ4n) is 1.94. The van der Waals surface area contributed by atoms with Gasteiger partial charge in [-0.15, -0.1) is 0 Å². The highest BCUT2D eigenvalue weighted by Gasteiger charge is 2.10. The molecule has 110 valence electrons. The normalized spacial score (nSPS) is 10.5. The number of anilines is 1. The number of halogens is 2. The van der Waals surface area contributed by atoms with E-state index in [1.54, 1.807) is 10.9 Å². The zero-order valence-electron chi connectivity index (χ0n) is 11.3. The second-order valence-electron chi connectivity index (χ2n) is 4.59. The third-order valence-corrected chi connectivity index (χ3v) is 3.33. The van der Waals surface area contributed by atoms with E-state index in [0.717, 1.165) is 5.69 Å². The van der Waals surface area contributed by atoms with Gasteiger partial charge in [-0.05, 0) is 30.3 Å². The summed E-state index contributed by atoms with van der Waals surface area (Å²) >= 11 is 5.68. The Balaban J connectivity index is 1.78. The molecule has 1 N–H and O–H groups in total. The van der Waals surface area contributed by atoms with Crippen molar-refractivity contribution in [1.29, 1.82) is 0 Å². The minimum Gasteiger partial charge on any atom is -0.322 e. The molecule has 0 unspecified atom stereocenters. The maximum Gasteiger partial charge on any atom is 0.258 e. The Morgan fingerprint density at radius 3 is 2.68 bits per heavy atom. The molecule has 2 aromatic carbocycles. The van der Waals surface area contributed by atoms with Crippen molar-refractivity contribution in [2.24, 2.45) is 0 Å². The Morgan fingerprint density at radius 1 is 1.18 bits per heavy atom. The quantitative estimate of drug-likeness (QED) is 0.796. The van der Waals surface area contributed by atoms with Gasteiger partial charge in [-0.1, -0.05) is 29.8 Å². The number of nitrogens with one attached hydrogen (secondary N) is 1. The molecule has 0 saturated heterocycles. The van der Waals surface area contributed by atoms with Crippen molar-refractivity contribution in [3.63, 3.8) is 0 Å². The van der Waals surface area contributed by atoms with E-state index in [1.165, 1.54) is 24.4 Å². The summed E-state index contributed by atoms with van der Waals surface area (Å²) in [5.41, 5.74) is 1.67. The van der Waals surface area contributed by atoms with Crippen molar-refractivity contribution >= 4 is 23.2 Å². The van der Waals surface area contributed by atoms with Crippen molar-refractivity contribution in [2.75, 3.05) is 5.32 Å². The summed E-state index contributed by atoms with van der Waals surface area (Å²) in [6.45, 7) is 0. The summed E-state index contributed by atoms with van der Waals surface area (Å²) in [5.74, 6) is -0.874. The van der Waals surface area contributed by atoms with Gasteiger partial charge in [-0.3, -0.25) is 4.79 Å². The molecule has 0 bridgehead atoms. The van der Waals surface area contributed by atoms with E-state index >= 15 is 0 Å². The molecule has 0 radical (unpaired) electrons. The lowest BCUT2D eigenvalue weighted by atomic mass is 10.2. The van der Waals surface area contributed by atoms with Gasteiger partial charge in [0.25, 0.3) is 5.91 Å². The Kier molecular flexibility index (Phi) is 3.89. The zero-order chi connectivity index (χ0) is 15.5. The molecular formula is C16H11ClFN3O. The highest BCUT2D eigenvalue weighted by Crippen LogP contribution is 2.20. The van der Waals surface area contributed by atoms with Crippen LogP contribution in [0.1, 0.15) is 10.4 Å². The number of aromatic nitrogens is 2. The van der Waals surface area contributed by atoms with Crippen LogP contribution >= 0.6 is 11.6 Å². The molecular weight excluding hydrogens is 305 g/mol. The summed E-state index contributed by atoms with van der Waals surface area (Å²) in [5, 5.41) is 6.75. The number of hydrogen-bond donors (Lipinski definition) is 1. The summed E-state index contributed by atoms with van der Waals surface area (Å²) in [4.78, 5) is 12.2. The standard InChI is InChI=1S/C16H11ClFN3O/c17-14-8-12(6-7-15(14)18)20-16(22)11-9-19-21(10-11)13-4-2-1-3-5-13/h1-10H,(H,20,22). The number of para-hydroxylation sites is 1. The van der Waals surface area contributed by atoms with Crippen molar-refractivity contribution in [2.45, 2.75) is 0 Å². The molecule has 1 heterocycles. The molecule has 0 saturated carbocycles. The third-order valence-electron chi connectivity index (χ3n) is 3.04. The largest absolute Gasteiger partial charge is 0.322 e. The Bertz CT molecular complexity index is 817. The first-order chi connectivity index (χ1) is 10.6. The molecule has 22 heavy (non-hydrogen) atoms. The topological polar surface area (TPSA) is 46.9 Å². The van der Waals surface area contributed by atoms with Crippen LogP contribution in [0.2, 0.25) is 5.02 Å². The molecule has 6 heteroatoms. The summed E-state index contributed by atoms with van der Waals surface area (Å²) in [7, 11) is 0. The molecule has 4 nitrogen and oxygen atoms in total. The lowest BCUT2D eigenvalue weighted by Gasteiger charge is -2.04. The van der Waals surface area contributed by atoms with Crippen molar-refractivity contribution < 1.29 is 9.18 Å². The van der Waals surface area contributed by atoms with Crippen LogP contribution in [0.25, 0.3) is 5.69 Å². The fraction of sp³-hybridized carbons (Fsp3) is 0. The van der Waals surface area contributed by atoms with Crippen LogP contribution in [0, 0.1) is 5.82 Å². The molecule has 3 rings (SSSR count). The summed E-state index contributed by atoms with van der Waals surface area (Å²) in [6, 6.07) is 13.4. The number of nitrogens with zero attached hydrogens (tertiary/aromatic N) is 2. The van der Waals surface area contributed by atoms with E-state index < -0.39 is 5.82 Å². The van der Waals surface area contributed by atoms with Crippen LogP contribution in [0.3, 0.4) is 0 Å². The monoisotopic (exact) mass is 315 g/mol. The Hall–Kier alpha value is -2.66. The summed E-state index contributed by atoms with van der Waals surface area (Å²) < 4.78 is 14.7. The lowest BCUT2D eigenvalue weighted by Crippen LogP contribution is -2.11. The van der Waals surface area contributed by atoms with Gasteiger partial charge in [0.05, 0.1) is 22.5 Å². The molecule has 0 spiro atoms. The predicted molar refractivity (Wildman–Crippen MR) is 82.9 cm³/mol. The van der Waals surface area contributed by atoms with Crippen LogP contribution in [0.5, 0.6) is 0 Å². The van der Waals surface area contributed by atoms with Gasteiger partial charge in [-0.25, -0.2) is 9.07 Å². The fourth-order valence-corrected chi connectivity index (χ4v) is 2.12. The van der Waals surface area contributed by atoms with Crippen LogP contribution in [-0.2, 0) is 0 Å². The minimum atomic E-state index is -0.531. The second-order valence-corrected chi connectivity index (χ2v) is 5.00. The molecule has 1 amide bonds. The summed E-state index contributed by atoms with van der Waals surface area (Å²) in [6.07, 6.45) is 3.09. The SMILES string of the molecule is O=C(Nc1ccc(F)c(Cl)c1)c1cnn(-c2ccccc2)c1. The van der Waals surface area contributed by atoms with E-state index in [2.05, 4.69) is 10.4 Å². The van der Waals surface area contributed by atoms with Gasteiger partial charge in [0.1, 0.15) is 5.82 Å². The first-order valence-electron chi connectivity index (χ1n) is 6.50. The van der Waals surface area contributed by atoms with E-state index in [-0.39, 0.29) is 10.9 Å². The average Bonchev–Trinajstić information content (AvgIpc) is 3.02. The van der Waals surface area contributed by atoms with Gasteiger partial charge in [0, 0.05) is 11.9 Å². The number of carbonyl (C=O) groups excluding carboxylic acids is 1. The van der Waals surface area contributed by atoms with E-state index in [0.29, 0.717) is 11.3 Å². The van der Waals surface area contributed by atoms with E-state index in [4.69, 9.17) is 11.6 Å². The van der Waals surface area contributed by atoms with Crippen molar-refractivity contribution in [3.8, 4) is 5.69 Å². The highest BCUT2D eigenvalue weighted by atomic mass is 35.5. The number of carbonyl (C=O) groups is 1. The molecule has 0 aliphatic heterocycles. The molecule has 0 fully saturated rings. The molecule has 0 aliphatic rings. The van der Waals surface area contributed by atoms with Crippen LogP contribution in [-0.4, -0.2) is 15.7 Å². The van der Waals surface area contributed by atoms with E-state index in [9.17, 15) is 9.18 Å².